The summed E-state index contributed by atoms with van der Waals surface area (Å²) in [6.07, 6.45) is 3.56. The number of rotatable bonds is 6. The number of nitrogens with two attached hydrogens (primary N) is 1. The first-order valence-corrected chi connectivity index (χ1v) is 12.0. The standard InChI is InChI=1S/C22H24Cl2FN7O3/c23-13-5-11(25)6-14(24)18(13)30-22-29-15-7-27-21(28-16-8-35-9-17(16)33)31-20(15)32(22)12-3-1-10(2-4-12)19(26)34/h5-7,10,12,16-17,33H,1-4,8-9H2,(H2,26,34)(H,29,30)(H,27,28,31)/t10?,12?,16?,17-/m1/s1. The predicted molar refractivity (Wildman–Crippen MR) is 129 cm³/mol. The average Bonchev–Trinajstić information content (AvgIpc) is 3.38. The Balaban J connectivity index is 1.54. The maximum absolute atomic E-state index is 13.7. The topological polar surface area (TPSA) is 140 Å². The van der Waals surface area contributed by atoms with Crippen LogP contribution < -0.4 is 16.4 Å². The molecule has 35 heavy (non-hydrogen) atoms. The van der Waals surface area contributed by atoms with Gasteiger partial charge < -0.3 is 26.2 Å². The zero-order valence-corrected chi connectivity index (χ0v) is 20.1. The molecule has 10 nitrogen and oxygen atoms in total. The SMILES string of the molecule is NC(=O)C1CCC(n2c(Nc3c(Cl)cc(F)cc3Cl)nc3cnc(NC4COC[C@H]4O)nc32)CC1. The van der Waals surface area contributed by atoms with E-state index >= 15 is 0 Å². The number of benzene rings is 1. The molecule has 1 aliphatic heterocycles. The molecule has 1 unspecified atom stereocenters. The number of aliphatic hydroxyl groups is 1. The first-order valence-electron chi connectivity index (χ1n) is 11.3. The molecule has 0 bridgehead atoms. The average molecular weight is 524 g/mol. The summed E-state index contributed by atoms with van der Waals surface area (Å²) in [7, 11) is 0. The Morgan fingerprint density at radius 2 is 1.89 bits per heavy atom. The van der Waals surface area contributed by atoms with E-state index in [1.165, 1.54) is 0 Å². The highest BCUT2D eigenvalue weighted by atomic mass is 35.5. The number of hydrogen-bond donors (Lipinski definition) is 4. The highest BCUT2D eigenvalue weighted by Gasteiger charge is 2.30. The molecule has 1 saturated heterocycles. The third-order valence-electron chi connectivity index (χ3n) is 6.51. The number of halogens is 3. The van der Waals surface area contributed by atoms with E-state index in [1.807, 2.05) is 4.57 Å². The molecule has 3 heterocycles. The number of fused-ring (bicyclic) bond motifs is 1. The molecule has 0 radical (unpaired) electrons. The lowest BCUT2D eigenvalue weighted by Gasteiger charge is -2.29. The molecule has 1 aliphatic carbocycles. The van der Waals surface area contributed by atoms with Gasteiger partial charge in [0.1, 0.15) is 11.3 Å². The van der Waals surface area contributed by atoms with Crippen molar-refractivity contribution in [2.45, 2.75) is 43.9 Å². The quantitative estimate of drug-likeness (QED) is 0.385. The second-order valence-electron chi connectivity index (χ2n) is 8.84. The molecule has 13 heteroatoms. The summed E-state index contributed by atoms with van der Waals surface area (Å²) >= 11 is 12.5. The molecule has 1 saturated carbocycles. The number of amides is 1. The van der Waals surface area contributed by atoms with E-state index in [0.29, 0.717) is 61.0 Å². The lowest BCUT2D eigenvalue weighted by molar-refractivity contribution is -0.122. The number of nitrogens with zero attached hydrogens (tertiary/aromatic N) is 4. The van der Waals surface area contributed by atoms with Gasteiger partial charge in [0.25, 0.3) is 0 Å². The van der Waals surface area contributed by atoms with Gasteiger partial charge in [-0.2, -0.15) is 4.98 Å². The Morgan fingerprint density at radius 1 is 1.17 bits per heavy atom. The number of nitrogens with one attached hydrogen (secondary N) is 2. The lowest BCUT2D eigenvalue weighted by atomic mass is 9.85. The number of anilines is 3. The molecule has 3 aromatic rings. The monoisotopic (exact) mass is 523 g/mol. The maximum Gasteiger partial charge on any atom is 0.225 e. The van der Waals surface area contributed by atoms with Crippen LogP contribution in [-0.4, -0.2) is 55.9 Å². The molecular weight excluding hydrogens is 500 g/mol. The second kappa shape index (κ2) is 9.73. The number of carbonyl (C=O) groups excluding carboxylic acids is 1. The van der Waals surface area contributed by atoms with Crippen molar-refractivity contribution in [3.8, 4) is 0 Å². The summed E-state index contributed by atoms with van der Waals surface area (Å²) in [6.45, 7) is 0.585. The van der Waals surface area contributed by atoms with Gasteiger partial charge >= 0.3 is 0 Å². The summed E-state index contributed by atoms with van der Waals surface area (Å²) in [5, 5.41) is 16.5. The molecule has 0 spiro atoms. The van der Waals surface area contributed by atoms with E-state index in [1.54, 1.807) is 6.20 Å². The van der Waals surface area contributed by atoms with Crippen LogP contribution in [0.2, 0.25) is 10.0 Å². The van der Waals surface area contributed by atoms with Crippen molar-refractivity contribution in [3.05, 3.63) is 34.2 Å². The first-order chi connectivity index (χ1) is 16.8. The highest BCUT2D eigenvalue weighted by molar-refractivity contribution is 6.39. The lowest BCUT2D eigenvalue weighted by Crippen LogP contribution is -2.32. The number of aromatic nitrogens is 4. The maximum atomic E-state index is 13.7. The Labute approximate surface area is 210 Å². The minimum Gasteiger partial charge on any atom is -0.388 e. The fourth-order valence-electron chi connectivity index (χ4n) is 4.63. The van der Waals surface area contributed by atoms with Crippen LogP contribution in [0.3, 0.4) is 0 Å². The minimum absolute atomic E-state index is 0.0424. The van der Waals surface area contributed by atoms with Crippen molar-refractivity contribution < 1.29 is 19.0 Å². The number of hydrogen-bond acceptors (Lipinski definition) is 8. The van der Waals surface area contributed by atoms with Gasteiger partial charge in [0, 0.05) is 12.0 Å². The van der Waals surface area contributed by atoms with Crippen LogP contribution in [0.15, 0.2) is 18.3 Å². The Hall–Kier alpha value is -2.73. The van der Waals surface area contributed by atoms with E-state index in [0.717, 1.165) is 12.1 Å². The summed E-state index contributed by atoms with van der Waals surface area (Å²) in [4.78, 5) is 25.3. The second-order valence-corrected chi connectivity index (χ2v) is 9.66. The van der Waals surface area contributed by atoms with Crippen LogP contribution >= 0.6 is 23.2 Å². The summed E-state index contributed by atoms with van der Waals surface area (Å²) < 4.78 is 20.9. The summed E-state index contributed by atoms with van der Waals surface area (Å²) in [5.41, 5.74) is 6.90. The molecule has 1 aromatic carbocycles. The molecule has 2 atom stereocenters. The van der Waals surface area contributed by atoms with Crippen molar-refractivity contribution in [2.75, 3.05) is 23.8 Å². The number of primary amides is 1. The third-order valence-corrected chi connectivity index (χ3v) is 7.10. The molecule has 2 fully saturated rings. The highest BCUT2D eigenvalue weighted by Crippen LogP contribution is 2.39. The van der Waals surface area contributed by atoms with Crippen molar-refractivity contribution in [2.24, 2.45) is 11.7 Å². The van der Waals surface area contributed by atoms with Gasteiger partial charge in [-0.3, -0.25) is 9.36 Å². The molecule has 2 aliphatic rings. The van der Waals surface area contributed by atoms with Crippen LogP contribution in [-0.2, 0) is 9.53 Å². The number of carbonyl (C=O) groups is 1. The van der Waals surface area contributed by atoms with Gasteiger partial charge in [0.05, 0.1) is 47.3 Å². The van der Waals surface area contributed by atoms with Gasteiger partial charge in [-0.1, -0.05) is 23.2 Å². The zero-order valence-electron chi connectivity index (χ0n) is 18.5. The van der Waals surface area contributed by atoms with Crippen molar-refractivity contribution >= 4 is 57.9 Å². The molecule has 1 amide bonds. The van der Waals surface area contributed by atoms with Crippen LogP contribution in [0.5, 0.6) is 0 Å². The number of aliphatic hydroxyl groups excluding tert-OH is 1. The Bertz CT molecular complexity index is 1240. The van der Waals surface area contributed by atoms with Crippen molar-refractivity contribution in [1.29, 1.82) is 0 Å². The van der Waals surface area contributed by atoms with Crippen molar-refractivity contribution in [1.82, 2.24) is 19.5 Å². The van der Waals surface area contributed by atoms with E-state index in [9.17, 15) is 14.3 Å². The normalized spacial score (nSPS) is 24.6. The Kier molecular flexibility index (Phi) is 6.67. The number of imidazole rings is 1. The van der Waals surface area contributed by atoms with Gasteiger partial charge in [0.15, 0.2) is 5.65 Å². The van der Waals surface area contributed by atoms with Crippen LogP contribution in [0.25, 0.3) is 11.2 Å². The first kappa shape index (κ1) is 24.0. The van der Waals surface area contributed by atoms with E-state index in [4.69, 9.17) is 33.7 Å². The zero-order chi connectivity index (χ0) is 24.7. The third kappa shape index (κ3) is 4.86. The number of ether oxygens (including phenoxy) is 1. The van der Waals surface area contributed by atoms with Crippen LogP contribution in [0, 0.1) is 11.7 Å². The molecule has 5 N–H and O–H groups in total. The summed E-state index contributed by atoms with van der Waals surface area (Å²) in [6, 6.07) is 1.96. The van der Waals surface area contributed by atoms with E-state index in [-0.39, 0.29) is 40.6 Å². The fraction of sp³-hybridized carbons (Fsp3) is 0.455. The predicted octanol–water partition coefficient (Wildman–Crippen LogP) is 3.40. The molecule has 186 valence electrons. The minimum atomic E-state index is -0.664. The van der Waals surface area contributed by atoms with Gasteiger partial charge in [-0.25, -0.2) is 14.4 Å². The van der Waals surface area contributed by atoms with Gasteiger partial charge in [-0.15, -0.1) is 0 Å². The summed E-state index contributed by atoms with van der Waals surface area (Å²) in [5.74, 6) is -0.289. The van der Waals surface area contributed by atoms with Gasteiger partial charge in [-0.05, 0) is 37.8 Å². The smallest absolute Gasteiger partial charge is 0.225 e. The molecule has 2 aromatic heterocycles. The largest absolute Gasteiger partial charge is 0.388 e. The molecular formula is C22H24Cl2FN7O3. The Morgan fingerprint density at radius 3 is 2.51 bits per heavy atom. The van der Waals surface area contributed by atoms with E-state index < -0.39 is 11.9 Å². The van der Waals surface area contributed by atoms with E-state index in [2.05, 4.69) is 25.6 Å². The van der Waals surface area contributed by atoms with Gasteiger partial charge in [0.2, 0.25) is 17.8 Å². The van der Waals surface area contributed by atoms with Crippen molar-refractivity contribution in [3.63, 3.8) is 0 Å². The molecule has 5 rings (SSSR count). The van der Waals surface area contributed by atoms with Crippen LogP contribution in [0.1, 0.15) is 31.7 Å². The van der Waals surface area contributed by atoms with Crippen LogP contribution in [0.4, 0.5) is 22.0 Å². The fourth-order valence-corrected chi connectivity index (χ4v) is 5.19.